The van der Waals surface area contributed by atoms with Crippen LogP contribution in [0.1, 0.15) is 52.4 Å². The van der Waals surface area contributed by atoms with Crippen LogP contribution in [0.5, 0.6) is 0 Å². The number of fused-ring (bicyclic) bond motifs is 1. The molecule has 1 saturated heterocycles. The van der Waals surface area contributed by atoms with Crippen molar-refractivity contribution in [2.75, 3.05) is 13.1 Å². The molecule has 1 amide bonds. The van der Waals surface area contributed by atoms with Crippen LogP contribution in [0.15, 0.2) is 30.3 Å². The summed E-state index contributed by atoms with van der Waals surface area (Å²) in [7, 11) is 0. The number of nitrogens with zero attached hydrogens (tertiary/aromatic N) is 5. The molecular formula is C21H26N6O. The second kappa shape index (κ2) is 8.06. The van der Waals surface area contributed by atoms with Gasteiger partial charge in [0.05, 0.1) is 0 Å². The maximum absolute atomic E-state index is 12.6. The largest absolute Gasteiger partial charge is 0.345 e. The molecule has 0 saturated carbocycles. The Bertz CT molecular complexity index is 990. The summed E-state index contributed by atoms with van der Waals surface area (Å²) in [4.78, 5) is 23.7. The minimum atomic E-state index is -0.282. The Balaban J connectivity index is 1.46. The van der Waals surface area contributed by atoms with Crippen molar-refractivity contribution in [2.24, 2.45) is 0 Å². The van der Waals surface area contributed by atoms with Crippen LogP contribution in [-0.4, -0.2) is 43.5 Å². The molecule has 1 aromatic carbocycles. The first-order valence-corrected chi connectivity index (χ1v) is 9.88. The van der Waals surface area contributed by atoms with Crippen molar-refractivity contribution in [1.82, 2.24) is 29.8 Å². The van der Waals surface area contributed by atoms with Gasteiger partial charge >= 0.3 is 0 Å². The van der Waals surface area contributed by atoms with Crippen molar-refractivity contribution in [3.63, 3.8) is 0 Å². The van der Waals surface area contributed by atoms with Crippen LogP contribution in [0.4, 0.5) is 0 Å². The molecule has 0 atom stereocenters. The van der Waals surface area contributed by atoms with Crippen LogP contribution in [0.3, 0.4) is 0 Å². The van der Waals surface area contributed by atoms with E-state index in [1.807, 2.05) is 26.0 Å². The third-order valence-corrected chi connectivity index (χ3v) is 5.22. The summed E-state index contributed by atoms with van der Waals surface area (Å²) in [5.74, 6) is 0.318. The number of aromatic nitrogens is 4. The number of benzene rings is 1. The quantitative estimate of drug-likeness (QED) is 0.739. The number of carbonyl (C=O) groups is 1. The monoisotopic (exact) mass is 378 g/mol. The van der Waals surface area contributed by atoms with Crippen LogP contribution in [0, 0.1) is 13.8 Å². The van der Waals surface area contributed by atoms with E-state index in [-0.39, 0.29) is 11.7 Å². The smallest absolute Gasteiger partial charge is 0.291 e. The van der Waals surface area contributed by atoms with Crippen molar-refractivity contribution < 1.29 is 4.79 Å². The number of hydrogen-bond acceptors (Lipinski definition) is 5. The van der Waals surface area contributed by atoms with E-state index in [1.165, 1.54) is 24.8 Å². The number of aryl methyl sites for hydroxylation is 2. The predicted molar refractivity (Wildman–Crippen MR) is 107 cm³/mol. The first kappa shape index (κ1) is 18.6. The Morgan fingerprint density at radius 2 is 1.82 bits per heavy atom. The second-order valence-corrected chi connectivity index (χ2v) is 7.47. The molecule has 1 N–H and O–H groups in total. The highest BCUT2D eigenvalue weighted by molar-refractivity contribution is 5.90. The van der Waals surface area contributed by atoms with Gasteiger partial charge in [0.15, 0.2) is 0 Å². The molecule has 28 heavy (non-hydrogen) atoms. The topological polar surface area (TPSA) is 75.4 Å². The SMILES string of the molecule is Cc1cc(C)n2nc(C(=O)NCc3ccccc3CN3CCCCC3)nc2n1. The lowest BCUT2D eigenvalue weighted by Gasteiger charge is -2.27. The first-order valence-electron chi connectivity index (χ1n) is 9.88. The predicted octanol–water partition coefficient (Wildman–Crippen LogP) is 2.66. The summed E-state index contributed by atoms with van der Waals surface area (Å²) in [6.45, 7) is 7.52. The lowest BCUT2D eigenvalue weighted by Crippen LogP contribution is -2.30. The lowest BCUT2D eigenvalue weighted by molar-refractivity contribution is 0.0940. The Morgan fingerprint density at radius 1 is 1.07 bits per heavy atom. The third kappa shape index (κ3) is 4.04. The van der Waals surface area contributed by atoms with Crippen LogP contribution >= 0.6 is 0 Å². The molecule has 3 heterocycles. The van der Waals surface area contributed by atoms with E-state index in [2.05, 4.69) is 43.5 Å². The minimum Gasteiger partial charge on any atom is -0.345 e. The molecule has 0 unspecified atom stereocenters. The van der Waals surface area contributed by atoms with Gasteiger partial charge in [0.2, 0.25) is 5.82 Å². The van der Waals surface area contributed by atoms with Gasteiger partial charge in [-0.25, -0.2) is 9.50 Å². The normalized spacial score (nSPS) is 15.1. The molecule has 4 rings (SSSR count). The fourth-order valence-electron chi connectivity index (χ4n) is 3.76. The number of rotatable bonds is 5. The number of amides is 1. The molecule has 146 valence electrons. The van der Waals surface area contributed by atoms with Crippen molar-refractivity contribution >= 4 is 11.7 Å². The molecule has 0 bridgehead atoms. The maximum Gasteiger partial charge on any atom is 0.291 e. The molecule has 1 aliphatic heterocycles. The fourth-order valence-corrected chi connectivity index (χ4v) is 3.76. The van der Waals surface area contributed by atoms with Crippen LogP contribution < -0.4 is 5.32 Å². The molecule has 1 fully saturated rings. The van der Waals surface area contributed by atoms with Crippen LogP contribution in [0.25, 0.3) is 5.78 Å². The Kier molecular flexibility index (Phi) is 5.34. The van der Waals surface area contributed by atoms with E-state index in [9.17, 15) is 4.79 Å². The molecule has 0 radical (unpaired) electrons. The number of likely N-dealkylation sites (tertiary alicyclic amines) is 1. The summed E-state index contributed by atoms with van der Waals surface area (Å²) in [6, 6.07) is 10.2. The molecule has 2 aromatic heterocycles. The molecule has 0 spiro atoms. The third-order valence-electron chi connectivity index (χ3n) is 5.22. The van der Waals surface area contributed by atoms with Gasteiger partial charge in [0.25, 0.3) is 11.7 Å². The van der Waals surface area contributed by atoms with Crippen molar-refractivity contribution in [3.8, 4) is 0 Å². The molecular weight excluding hydrogens is 352 g/mol. The Labute approximate surface area is 164 Å². The van der Waals surface area contributed by atoms with Crippen molar-refractivity contribution in [3.05, 3.63) is 58.7 Å². The van der Waals surface area contributed by atoms with Gasteiger partial charge in [0.1, 0.15) is 0 Å². The molecule has 7 nitrogen and oxygen atoms in total. The molecule has 3 aromatic rings. The summed E-state index contributed by atoms with van der Waals surface area (Å²) in [6.07, 6.45) is 3.87. The van der Waals surface area contributed by atoms with Crippen LogP contribution in [0.2, 0.25) is 0 Å². The van der Waals surface area contributed by atoms with E-state index in [0.29, 0.717) is 12.3 Å². The van der Waals surface area contributed by atoms with Crippen molar-refractivity contribution in [2.45, 2.75) is 46.2 Å². The van der Waals surface area contributed by atoms with Gasteiger partial charge in [0, 0.05) is 24.5 Å². The van der Waals surface area contributed by atoms with Gasteiger partial charge < -0.3 is 5.32 Å². The van der Waals surface area contributed by atoms with E-state index >= 15 is 0 Å². The highest BCUT2D eigenvalue weighted by Gasteiger charge is 2.16. The van der Waals surface area contributed by atoms with E-state index in [1.54, 1.807) is 4.52 Å². The first-order chi connectivity index (χ1) is 13.6. The average molecular weight is 378 g/mol. The van der Waals surface area contributed by atoms with Gasteiger partial charge in [-0.1, -0.05) is 30.7 Å². The lowest BCUT2D eigenvalue weighted by atomic mass is 10.0. The average Bonchev–Trinajstić information content (AvgIpc) is 3.12. The van der Waals surface area contributed by atoms with Crippen molar-refractivity contribution in [1.29, 1.82) is 0 Å². The molecule has 1 aliphatic rings. The zero-order valence-electron chi connectivity index (χ0n) is 16.5. The summed E-state index contributed by atoms with van der Waals surface area (Å²) >= 11 is 0. The van der Waals surface area contributed by atoms with E-state index in [4.69, 9.17) is 0 Å². The van der Waals surface area contributed by atoms with Gasteiger partial charge in [-0.15, -0.1) is 5.10 Å². The minimum absolute atomic E-state index is 0.148. The number of carbonyl (C=O) groups excluding carboxylic acids is 1. The van der Waals surface area contributed by atoms with Crippen LogP contribution in [-0.2, 0) is 13.1 Å². The molecule has 7 heteroatoms. The fraction of sp³-hybridized carbons (Fsp3) is 0.429. The summed E-state index contributed by atoms with van der Waals surface area (Å²) < 4.78 is 1.60. The number of hydrogen-bond donors (Lipinski definition) is 1. The number of nitrogens with one attached hydrogen (secondary N) is 1. The highest BCUT2D eigenvalue weighted by Crippen LogP contribution is 2.16. The second-order valence-electron chi connectivity index (χ2n) is 7.47. The molecule has 0 aliphatic carbocycles. The van der Waals surface area contributed by atoms with E-state index in [0.717, 1.165) is 36.6 Å². The Hall–Kier alpha value is -2.80. The zero-order chi connectivity index (χ0) is 19.5. The summed E-state index contributed by atoms with van der Waals surface area (Å²) in [5.41, 5.74) is 4.16. The van der Waals surface area contributed by atoms with Gasteiger partial charge in [-0.2, -0.15) is 4.98 Å². The standard InChI is InChI=1S/C21H26N6O/c1-15-12-16(2)27-21(23-15)24-19(25-27)20(28)22-13-17-8-4-5-9-18(17)14-26-10-6-3-7-11-26/h4-5,8-9,12H,3,6-7,10-11,13-14H2,1-2H3,(H,22,28). The summed E-state index contributed by atoms with van der Waals surface area (Å²) in [5, 5.41) is 7.27. The highest BCUT2D eigenvalue weighted by atomic mass is 16.2. The zero-order valence-corrected chi connectivity index (χ0v) is 16.5. The number of piperidine rings is 1. The van der Waals surface area contributed by atoms with Gasteiger partial charge in [-0.05, 0) is 57.0 Å². The van der Waals surface area contributed by atoms with E-state index < -0.39 is 0 Å². The van der Waals surface area contributed by atoms with Gasteiger partial charge in [-0.3, -0.25) is 9.69 Å². The Morgan fingerprint density at radius 3 is 2.61 bits per heavy atom. The maximum atomic E-state index is 12.6.